The Morgan fingerprint density at radius 2 is 1.29 bits per heavy atom. The van der Waals surface area contributed by atoms with Crippen LogP contribution in [0.1, 0.15) is 5.56 Å². The molecular formula is C29H27NO5. The molecule has 0 aliphatic rings. The van der Waals surface area contributed by atoms with E-state index in [0.717, 1.165) is 38.2 Å². The highest BCUT2D eigenvalue weighted by atomic mass is 16.5. The number of pyridine rings is 1. The Kier molecular flexibility index (Phi) is 5.52. The highest BCUT2D eigenvalue weighted by Gasteiger charge is 2.22. The predicted molar refractivity (Wildman–Crippen MR) is 141 cm³/mol. The molecule has 0 fully saturated rings. The highest BCUT2D eigenvalue weighted by Crippen LogP contribution is 2.46. The van der Waals surface area contributed by atoms with E-state index in [0.29, 0.717) is 28.4 Å². The van der Waals surface area contributed by atoms with Gasteiger partial charge in [0.1, 0.15) is 0 Å². The highest BCUT2D eigenvalue weighted by molar-refractivity contribution is 6.19. The number of benzene rings is 4. The predicted octanol–water partition coefficient (Wildman–Crippen LogP) is 5.85. The van der Waals surface area contributed by atoms with E-state index in [-0.39, 0.29) is 5.56 Å². The average Bonchev–Trinajstić information content (AvgIpc) is 2.89. The van der Waals surface area contributed by atoms with Gasteiger partial charge in [-0.15, -0.1) is 0 Å². The number of ether oxygens (including phenoxy) is 4. The fraction of sp³-hybridized carbons (Fsp3) is 0.207. The molecule has 0 aliphatic carbocycles. The van der Waals surface area contributed by atoms with Gasteiger partial charge in [-0.05, 0) is 36.1 Å². The molecule has 0 saturated heterocycles. The van der Waals surface area contributed by atoms with E-state index in [2.05, 4.69) is 43.3 Å². The Hall–Kier alpha value is -4.19. The summed E-state index contributed by atoms with van der Waals surface area (Å²) in [5.41, 5.74) is 3.74. The fourth-order valence-corrected chi connectivity index (χ4v) is 4.99. The van der Waals surface area contributed by atoms with Gasteiger partial charge in [0.05, 0.1) is 39.3 Å². The van der Waals surface area contributed by atoms with Gasteiger partial charge in [0.25, 0.3) is 5.56 Å². The van der Waals surface area contributed by atoms with Gasteiger partial charge in [-0.2, -0.15) is 0 Å². The summed E-state index contributed by atoms with van der Waals surface area (Å²) in [6.45, 7) is 2.06. The minimum absolute atomic E-state index is 0.164. The lowest BCUT2D eigenvalue weighted by molar-refractivity contribution is 0.357. The van der Waals surface area contributed by atoms with Crippen molar-refractivity contribution in [3.8, 4) is 34.1 Å². The minimum Gasteiger partial charge on any atom is -0.493 e. The van der Waals surface area contributed by atoms with Gasteiger partial charge in [-0.3, -0.25) is 4.79 Å². The van der Waals surface area contributed by atoms with Crippen LogP contribution in [-0.4, -0.2) is 33.0 Å². The summed E-state index contributed by atoms with van der Waals surface area (Å²) >= 11 is 0. The molecule has 0 amide bonds. The maximum atomic E-state index is 13.7. The van der Waals surface area contributed by atoms with Crippen LogP contribution in [0.5, 0.6) is 23.0 Å². The zero-order valence-corrected chi connectivity index (χ0v) is 20.7. The molecule has 5 aromatic rings. The van der Waals surface area contributed by atoms with E-state index < -0.39 is 0 Å². The Balaban J connectivity index is 2.01. The topological polar surface area (TPSA) is 58.9 Å². The molecule has 5 rings (SSSR count). The van der Waals surface area contributed by atoms with Crippen LogP contribution in [0, 0.1) is 6.92 Å². The van der Waals surface area contributed by atoms with Crippen LogP contribution in [-0.2, 0) is 7.05 Å². The van der Waals surface area contributed by atoms with Crippen molar-refractivity contribution in [1.29, 1.82) is 0 Å². The first-order chi connectivity index (χ1) is 16.9. The standard InChI is InChI=1S/C29H27NO5/c1-16-7-9-17(10-8-16)24-19-11-12-20-18-13-14-22(32-3)27(34-5)25(18)29(31)30(2)26(20)21(19)15-23(33-4)28(24)35-6/h7-15H,1-6H3. The Morgan fingerprint density at radius 3 is 1.91 bits per heavy atom. The molecule has 6 heteroatoms. The van der Waals surface area contributed by atoms with Gasteiger partial charge in [-0.25, -0.2) is 0 Å². The molecule has 0 saturated carbocycles. The van der Waals surface area contributed by atoms with E-state index in [4.69, 9.17) is 18.9 Å². The summed E-state index contributed by atoms with van der Waals surface area (Å²) in [4.78, 5) is 13.7. The Labute approximate surface area is 203 Å². The van der Waals surface area contributed by atoms with Crippen LogP contribution in [0.4, 0.5) is 0 Å². The minimum atomic E-state index is -0.164. The first kappa shape index (κ1) is 22.6. The van der Waals surface area contributed by atoms with Crippen LogP contribution in [0.3, 0.4) is 0 Å². The number of nitrogens with zero attached hydrogens (tertiary/aromatic N) is 1. The Bertz CT molecular complexity index is 1670. The van der Waals surface area contributed by atoms with E-state index >= 15 is 0 Å². The fourth-order valence-electron chi connectivity index (χ4n) is 4.99. The summed E-state index contributed by atoms with van der Waals surface area (Å²) in [6.07, 6.45) is 0. The van der Waals surface area contributed by atoms with Crippen molar-refractivity contribution in [3.05, 3.63) is 70.5 Å². The molecule has 6 nitrogen and oxygen atoms in total. The van der Waals surface area contributed by atoms with E-state index in [9.17, 15) is 4.79 Å². The third-order valence-corrected chi connectivity index (χ3v) is 6.67. The van der Waals surface area contributed by atoms with Crippen molar-refractivity contribution < 1.29 is 18.9 Å². The summed E-state index contributed by atoms with van der Waals surface area (Å²) in [5.74, 6) is 2.20. The monoisotopic (exact) mass is 469 g/mol. The number of aromatic nitrogens is 1. The molecule has 178 valence electrons. The van der Waals surface area contributed by atoms with Crippen molar-refractivity contribution >= 4 is 32.4 Å². The molecule has 0 atom stereocenters. The number of hydrogen-bond donors (Lipinski definition) is 0. The molecule has 0 aliphatic heterocycles. The van der Waals surface area contributed by atoms with Crippen LogP contribution < -0.4 is 24.5 Å². The average molecular weight is 470 g/mol. The van der Waals surface area contributed by atoms with E-state index in [1.165, 1.54) is 5.56 Å². The van der Waals surface area contributed by atoms with Gasteiger partial charge in [0.2, 0.25) is 0 Å². The lowest BCUT2D eigenvalue weighted by Gasteiger charge is -2.20. The van der Waals surface area contributed by atoms with Crippen molar-refractivity contribution in [1.82, 2.24) is 4.57 Å². The normalized spacial score (nSPS) is 11.3. The van der Waals surface area contributed by atoms with Gasteiger partial charge in [0, 0.05) is 28.8 Å². The maximum Gasteiger partial charge on any atom is 0.262 e. The summed E-state index contributed by atoms with van der Waals surface area (Å²) in [7, 11) is 8.16. The summed E-state index contributed by atoms with van der Waals surface area (Å²) < 4.78 is 24.3. The molecule has 0 unspecified atom stereocenters. The Morgan fingerprint density at radius 1 is 0.657 bits per heavy atom. The molecule has 1 heterocycles. The van der Waals surface area contributed by atoms with Gasteiger partial charge in [-0.1, -0.05) is 42.0 Å². The quantitative estimate of drug-likeness (QED) is 0.302. The van der Waals surface area contributed by atoms with Crippen molar-refractivity contribution in [3.63, 3.8) is 0 Å². The molecule has 35 heavy (non-hydrogen) atoms. The summed E-state index contributed by atoms with van der Waals surface area (Å²) in [5, 5.41) is 4.08. The van der Waals surface area contributed by atoms with Crippen molar-refractivity contribution in [2.24, 2.45) is 7.05 Å². The number of aryl methyl sites for hydroxylation is 2. The molecule has 1 aromatic heterocycles. The molecule has 0 radical (unpaired) electrons. The number of hydrogen-bond acceptors (Lipinski definition) is 5. The zero-order valence-electron chi connectivity index (χ0n) is 20.7. The third kappa shape index (κ3) is 3.28. The second-order valence-electron chi connectivity index (χ2n) is 8.50. The van der Waals surface area contributed by atoms with Crippen LogP contribution >= 0.6 is 0 Å². The van der Waals surface area contributed by atoms with Gasteiger partial charge >= 0.3 is 0 Å². The van der Waals surface area contributed by atoms with Crippen LogP contribution in [0.15, 0.2) is 59.4 Å². The number of fused-ring (bicyclic) bond motifs is 5. The second kappa shape index (κ2) is 8.55. The van der Waals surface area contributed by atoms with Gasteiger partial charge in [0.15, 0.2) is 23.0 Å². The van der Waals surface area contributed by atoms with Crippen molar-refractivity contribution in [2.45, 2.75) is 6.92 Å². The molecule has 0 spiro atoms. The number of rotatable bonds is 5. The largest absolute Gasteiger partial charge is 0.493 e. The molecule has 0 N–H and O–H groups in total. The maximum absolute atomic E-state index is 13.7. The zero-order chi connectivity index (χ0) is 24.9. The first-order valence-electron chi connectivity index (χ1n) is 11.3. The molecule has 0 bridgehead atoms. The van der Waals surface area contributed by atoms with Gasteiger partial charge < -0.3 is 23.5 Å². The number of methoxy groups -OCH3 is 4. The molecule has 4 aromatic carbocycles. The van der Waals surface area contributed by atoms with E-state index in [1.54, 1.807) is 40.1 Å². The van der Waals surface area contributed by atoms with E-state index in [1.807, 2.05) is 18.2 Å². The lowest BCUT2D eigenvalue weighted by atomic mass is 9.93. The SMILES string of the molecule is COc1cc2c(ccc3c4ccc(OC)c(OC)c4c(=O)n(C)c23)c(-c2ccc(C)cc2)c1OC. The van der Waals surface area contributed by atoms with Crippen LogP contribution in [0.25, 0.3) is 43.6 Å². The second-order valence-corrected chi connectivity index (χ2v) is 8.50. The van der Waals surface area contributed by atoms with Crippen LogP contribution in [0.2, 0.25) is 0 Å². The third-order valence-electron chi connectivity index (χ3n) is 6.67. The smallest absolute Gasteiger partial charge is 0.262 e. The summed E-state index contributed by atoms with van der Waals surface area (Å²) in [6, 6.07) is 18.1. The first-order valence-corrected chi connectivity index (χ1v) is 11.3. The van der Waals surface area contributed by atoms with Crippen molar-refractivity contribution in [2.75, 3.05) is 28.4 Å². The molecular weight excluding hydrogens is 442 g/mol. The lowest BCUT2D eigenvalue weighted by Crippen LogP contribution is -2.18.